The fourth-order valence-corrected chi connectivity index (χ4v) is 1.46. The lowest BCUT2D eigenvalue weighted by atomic mass is 10.3. The van der Waals surface area contributed by atoms with Crippen molar-refractivity contribution in [1.82, 2.24) is 9.97 Å². The van der Waals surface area contributed by atoms with Crippen molar-refractivity contribution >= 4 is 5.82 Å². The van der Waals surface area contributed by atoms with Gasteiger partial charge in [-0.05, 0) is 13.3 Å². The first-order valence-electron chi connectivity index (χ1n) is 5.49. The zero-order valence-corrected chi connectivity index (χ0v) is 10.2. The Morgan fingerprint density at radius 1 is 1.50 bits per heavy atom. The average Bonchev–Trinajstić information content (AvgIpc) is 2.27. The number of nitrogens with zero attached hydrogens (tertiary/aromatic N) is 2. The molecular weight excluding hydrogens is 204 g/mol. The van der Waals surface area contributed by atoms with E-state index in [0.29, 0.717) is 13.2 Å². The summed E-state index contributed by atoms with van der Waals surface area (Å²) < 4.78 is 5.07. The van der Waals surface area contributed by atoms with E-state index < -0.39 is 0 Å². The van der Waals surface area contributed by atoms with Gasteiger partial charge in [0.2, 0.25) is 0 Å². The van der Waals surface area contributed by atoms with Crippen molar-refractivity contribution in [2.45, 2.75) is 26.3 Å². The van der Waals surface area contributed by atoms with Gasteiger partial charge in [-0.2, -0.15) is 0 Å². The number of hydrogen-bond acceptors (Lipinski definition) is 5. The first-order valence-corrected chi connectivity index (χ1v) is 5.49. The molecule has 0 aliphatic carbocycles. The molecule has 0 bridgehead atoms. The van der Waals surface area contributed by atoms with Crippen molar-refractivity contribution in [1.29, 1.82) is 0 Å². The van der Waals surface area contributed by atoms with Gasteiger partial charge >= 0.3 is 0 Å². The topological polar surface area (TPSA) is 73.1 Å². The maximum Gasteiger partial charge on any atom is 0.130 e. The Morgan fingerprint density at radius 3 is 2.81 bits per heavy atom. The van der Waals surface area contributed by atoms with Gasteiger partial charge in [0.15, 0.2) is 0 Å². The molecular formula is C11H20N4O. The number of rotatable bonds is 6. The fourth-order valence-electron chi connectivity index (χ4n) is 1.46. The minimum Gasteiger partial charge on any atom is -0.383 e. The normalized spacial score (nSPS) is 12.5. The van der Waals surface area contributed by atoms with Crippen LogP contribution in [-0.4, -0.2) is 36.3 Å². The summed E-state index contributed by atoms with van der Waals surface area (Å²) in [5.74, 6) is 1.59. The van der Waals surface area contributed by atoms with Crippen molar-refractivity contribution in [3.63, 3.8) is 0 Å². The van der Waals surface area contributed by atoms with Crippen LogP contribution in [0.1, 0.15) is 18.4 Å². The standard InChI is InChI=1S/C11H20N4O/c1-4-9-5-11(14-8(2)13-9)15-10(6-12)7-16-3/h5,10H,4,6-7,12H2,1-3H3,(H,13,14,15). The largest absolute Gasteiger partial charge is 0.383 e. The van der Waals surface area contributed by atoms with E-state index in [1.54, 1.807) is 7.11 Å². The summed E-state index contributed by atoms with van der Waals surface area (Å²) in [5.41, 5.74) is 6.66. The first-order chi connectivity index (χ1) is 7.69. The number of nitrogens with one attached hydrogen (secondary N) is 1. The van der Waals surface area contributed by atoms with Crippen LogP contribution in [0.2, 0.25) is 0 Å². The van der Waals surface area contributed by atoms with Crippen LogP contribution in [0.5, 0.6) is 0 Å². The molecule has 0 saturated heterocycles. The summed E-state index contributed by atoms with van der Waals surface area (Å²) in [6.07, 6.45) is 0.898. The highest BCUT2D eigenvalue weighted by Crippen LogP contribution is 2.08. The summed E-state index contributed by atoms with van der Waals surface area (Å²) >= 11 is 0. The van der Waals surface area contributed by atoms with Gasteiger partial charge in [-0.3, -0.25) is 0 Å². The van der Waals surface area contributed by atoms with E-state index in [0.717, 1.165) is 23.8 Å². The van der Waals surface area contributed by atoms with Crippen molar-refractivity contribution in [2.24, 2.45) is 5.73 Å². The van der Waals surface area contributed by atoms with Gasteiger partial charge in [0, 0.05) is 25.4 Å². The quantitative estimate of drug-likeness (QED) is 0.745. The SMILES string of the molecule is CCc1cc(NC(CN)COC)nc(C)n1. The van der Waals surface area contributed by atoms with Crippen LogP contribution in [0.3, 0.4) is 0 Å². The van der Waals surface area contributed by atoms with Crippen molar-refractivity contribution in [2.75, 3.05) is 25.6 Å². The molecule has 5 nitrogen and oxygen atoms in total. The summed E-state index contributed by atoms with van der Waals surface area (Å²) in [6, 6.07) is 2.04. The molecule has 16 heavy (non-hydrogen) atoms. The first kappa shape index (κ1) is 12.9. The summed E-state index contributed by atoms with van der Waals surface area (Å²) in [5, 5.41) is 3.24. The smallest absolute Gasteiger partial charge is 0.130 e. The van der Waals surface area contributed by atoms with Crippen LogP contribution in [-0.2, 0) is 11.2 Å². The number of anilines is 1. The Hall–Kier alpha value is -1.20. The third kappa shape index (κ3) is 3.75. The molecule has 0 fully saturated rings. The third-order valence-electron chi connectivity index (χ3n) is 2.26. The Morgan fingerprint density at radius 2 is 2.25 bits per heavy atom. The molecule has 0 spiro atoms. The minimum atomic E-state index is 0.0870. The molecule has 5 heteroatoms. The van der Waals surface area contributed by atoms with Crippen LogP contribution in [0.25, 0.3) is 0 Å². The van der Waals surface area contributed by atoms with Crippen LogP contribution < -0.4 is 11.1 Å². The van der Waals surface area contributed by atoms with Crippen LogP contribution in [0.15, 0.2) is 6.07 Å². The van der Waals surface area contributed by atoms with Crippen molar-refractivity contribution in [3.05, 3.63) is 17.6 Å². The second kappa shape index (κ2) is 6.40. The minimum absolute atomic E-state index is 0.0870. The van der Waals surface area contributed by atoms with Gasteiger partial charge in [0.05, 0.1) is 12.6 Å². The number of aryl methyl sites for hydroxylation is 2. The zero-order chi connectivity index (χ0) is 12.0. The lowest BCUT2D eigenvalue weighted by Gasteiger charge is -2.16. The molecule has 1 aromatic heterocycles. The molecule has 1 rings (SSSR count). The molecule has 1 heterocycles. The number of ether oxygens (including phenoxy) is 1. The van der Waals surface area contributed by atoms with Gasteiger partial charge in [0.1, 0.15) is 11.6 Å². The summed E-state index contributed by atoms with van der Waals surface area (Å²) in [7, 11) is 1.66. The fraction of sp³-hybridized carbons (Fsp3) is 0.636. The summed E-state index contributed by atoms with van der Waals surface area (Å²) in [4.78, 5) is 8.64. The van der Waals surface area contributed by atoms with E-state index in [1.807, 2.05) is 13.0 Å². The second-order valence-corrected chi connectivity index (χ2v) is 3.68. The highest BCUT2D eigenvalue weighted by Gasteiger charge is 2.07. The van der Waals surface area contributed by atoms with E-state index in [2.05, 4.69) is 22.2 Å². The molecule has 0 aliphatic heterocycles. The predicted octanol–water partition coefficient (Wildman–Crippen LogP) is 0.733. The molecule has 90 valence electrons. The van der Waals surface area contributed by atoms with Crippen molar-refractivity contribution < 1.29 is 4.74 Å². The monoisotopic (exact) mass is 224 g/mol. The van der Waals surface area contributed by atoms with E-state index in [1.165, 1.54) is 0 Å². The van der Waals surface area contributed by atoms with Crippen LogP contribution >= 0.6 is 0 Å². The molecule has 1 aromatic rings. The maximum atomic E-state index is 5.63. The van der Waals surface area contributed by atoms with Gasteiger partial charge in [-0.15, -0.1) is 0 Å². The third-order valence-corrected chi connectivity index (χ3v) is 2.26. The average molecular weight is 224 g/mol. The van der Waals surface area contributed by atoms with Gasteiger partial charge < -0.3 is 15.8 Å². The van der Waals surface area contributed by atoms with Crippen LogP contribution in [0.4, 0.5) is 5.82 Å². The molecule has 1 atom stereocenters. The van der Waals surface area contributed by atoms with E-state index in [9.17, 15) is 0 Å². The molecule has 0 radical (unpaired) electrons. The van der Waals surface area contributed by atoms with Crippen LogP contribution in [0, 0.1) is 6.92 Å². The number of methoxy groups -OCH3 is 1. The van der Waals surface area contributed by atoms with E-state index in [4.69, 9.17) is 10.5 Å². The Balaban J connectivity index is 2.74. The predicted molar refractivity (Wildman–Crippen MR) is 64.5 cm³/mol. The molecule has 0 aliphatic rings. The Bertz CT molecular complexity index is 330. The number of hydrogen-bond donors (Lipinski definition) is 2. The maximum absolute atomic E-state index is 5.63. The molecule has 0 amide bonds. The number of aromatic nitrogens is 2. The lowest BCUT2D eigenvalue weighted by Crippen LogP contribution is -2.33. The molecule has 3 N–H and O–H groups in total. The molecule has 0 saturated carbocycles. The van der Waals surface area contributed by atoms with E-state index in [-0.39, 0.29) is 6.04 Å². The van der Waals surface area contributed by atoms with E-state index >= 15 is 0 Å². The molecule has 1 unspecified atom stereocenters. The molecule has 0 aromatic carbocycles. The lowest BCUT2D eigenvalue weighted by molar-refractivity contribution is 0.187. The highest BCUT2D eigenvalue weighted by molar-refractivity contribution is 5.37. The van der Waals surface area contributed by atoms with Crippen molar-refractivity contribution in [3.8, 4) is 0 Å². The summed E-state index contributed by atoms with van der Waals surface area (Å²) in [6.45, 7) is 5.04. The second-order valence-electron chi connectivity index (χ2n) is 3.68. The highest BCUT2D eigenvalue weighted by atomic mass is 16.5. The van der Waals surface area contributed by atoms with Gasteiger partial charge in [0.25, 0.3) is 0 Å². The van der Waals surface area contributed by atoms with Gasteiger partial charge in [-0.25, -0.2) is 9.97 Å². The van der Waals surface area contributed by atoms with Gasteiger partial charge in [-0.1, -0.05) is 6.92 Å². The zero-order valence-electron chi connectivity index (χ0n) is 10.2. The Kier molecular flexibility index (Phi) is 5.14. The Labute approximate surface area is 96.4 Å². The number of nitrogens with two attached hydrogens (primary N) is 1.